The third kappa shape index (κ3) is 7.61. The fraction of sp³-hybridized carbons (Fsp3) is 0.652. The highest BCUT2D eigenvalue weighted by Gasteiger charge is 2.18. The molecule has 0 spiro atoms. The van der Waals surface area contributed by atoms with Crippen LogP contribution in [0.5, 0.6) is 0 Å². The number of nitrogens with one attached hydrogen (secondary N) is 2. The fourth-order valence-electron chi connectivity index (χ4n) is 4.08. The molecule has 0 unspecified atom stereocenters. The zero-order chi connectivity index (χ0) is 21.0. The lowest BCUT2D eigenvalue weighted by Gasteiger charge is -2.34. The first-order valence-electron chi connectivity index (χ1n) is 11.5. The second kappa shape index (κ2) is 12.5. The largest absolute Gasteiger partial charge is 0.357 e. The van der Waals surface area contributed by atoms with Gasteiger partial charge in [0.15, 0.2) is 5.96 Å². The molecule has 1 amide bonds. The molecule has 0 bridgehead atoms. The lowest BCUT2D eigenvalue weighted by Crippen LogP contribution is -2.46. The number of hydrogen-bond donors (Lipinski definition) is 2. The van der Waals surface area contributed by atoms with Crippen LogP contribution in [-0.2, 0) is 11.3 Å². The van der Waals surface area contributed by atoms with E-state index in [0.717, 1.165) is 90.7 Å². The molecule has 0 radical (unpaired) electrons. The quantitative estimate of drug-likeness (QED) is 0.363. The van der Waals surface area contributed by atoms with Crippen molar-refractivity contribution in [2.75, 3.05) is 65.4 Å². The Morgan fingerprint density at radius 1 is 0.967 bits per heavy atom. The molecule has 7 nitrogen and oxygen atoms in total. The Hall–Kier alpha value is -2.12. The van der Waals surface area contributed by atoms with Crippen molar-refractivity contribution >= 4 is 11.9 Å². The summed E-state index contributed by atoms with van der Waals surface area (Å²) in [6.07, 6.45) is 3.31. The Morgan fingerprint density at radius 2 is 1.67 bits per heavy atom. The molecule has 0 atom stereocenters. The molecule has 2 aliphatic heterocycles. The number of hydrogen-bond acceptors (Lipinski definition) is 4. The van der Waals surface area contributed by atoms with Crippen LogP contribution < -0.4 is 10.6 Å². The third-order valence-corrected chi connectivity index (χ3v) is 5.83. The Kier molecular flexibility index (Phi) is 9.44. The lowest BCUT2D eigenvalue weighted by molar-refractivity contribution is -0.128. The lowest BCUT2D eigenvalue weighted by atomic mass is 10.2. The van der Waals surface area contributed by atoms with Gasteiger partial charge in [0, 0.05) is 58.9 Å². The summed E-state index contributed by atoms with van der Waals surface area (Å²) in [5, 5.41) is 6.62. The van der Waals surface area contributed by atoms with Crippen LogP contribution in [0.15, 0.2) is 35.3 Å². The van der Waals surface area contributed by atoms with Crippen molar-refractivity contribution in [1.82, 2.24) is 25.3 Å². The zero-order valence-corrected chi connectivity index (χ0v) is 18.5. The van der Waals surface area contributed by atoms with Crippen LogP contribution in [0, 0.1) is 0 Å². The Morgan fingerprint density at radius 3 is 2.37 bits per heavy atom. The van der Waals surface area contributed by atoms with Crippen molar-refractivity contribution in [3.8, 4) is 0 Å². The van der Waals surface area contributed by atoms with Crippen LogP contribution in [0.1, 0.15) is 31.7 Å². The number of carbonyl (C=O) groups excluding carboxylic acids is 1. The normalized spacial score (nSPS) is 18.6. The first-order valence-corrected chi connectivity index (χ1v) is 11.5. The van der Waals surface area contributed by atoms with Crippen molar-refractivity contribution in [2.45, 2.75) is 32.7 Å². The van der Waals surface area contributed by atoms with Crippen molar-refractivity contribution in [2.24, 2.45) is 4.99 Å². The van der Waals surface area contributed by atoms with E-state index in [9.17, 15) is 4.79 Å². The minimum atomic E-state index is 0.137. The topological polar surface area (TPSA) is 63.2 Å². The van der Waals surface area contributed by atoms with Gasteiger partial charge in [-0.05, 0) is 38.3 Å². The van der Waals surface area contributed by atoms with E-state index < -0.39 is 0 Å². The van der Waals surface area contributed by atoms with Gasteiger partial charge in [-0.25, -0.2) is 4.99 Å². The van der Waals surface area contributed by atoms with Crippen LogP contribution in [0.25, 0.3) is 0 Å². The van der Waals surface area contributed by atoms with E-state index in [4.69, 9.17) is 0 Å². The van der Waals surface area contributed by atoms with Crippen LogP contribution in [0.4, 0.5) is 0 Å². The molecule has 1 aromatic carbocycles. The Bertz CT molecular complexity index is 651. The van der Waals surface area contributed by atoms with Gasteiger partial charge in [0.1, 0.15) is 6.54 Å². The predicted molar refractivity (Wildman–Crippen MR) is 123 cm³/mol. The highest BCUT2D eigenvalue weighted by Crippen LogP contribution is 2.09. The number of benzene rings is 1. The molecule has 7 heteroatoms. The van der Waals surface area contributed by atoms with E-state index in [1.807, 2.05) is 4.90 Å². The maximum Gasteiger partial charge on any atom is 0.244 e. The Balaban J connectivity index is 1.30. The van der Waals surface area contributed by atoms with Crippen LogP contribution >= 0.6 is 0 Å². The molecule has 2 saturated heterocycles. The van der Waals surface area contributed by atoms with E-state index in [0.29, 0.717) is 0 Å². The number of piperazine rings is 1. The minimum Gasteiger partial charge on any atom is -0.357 e. The van der Waals surface area contributed by atoms with Gasteiger partial charge < -0.3 is 20.4 Å². The van der Waals surface area contributed by atoms with Gasteiger partial charge in [0.2, 0.25) is 5.91 Å². The highest BCUT2D eigenvalue weighted by molar-refractivity contribution is 5.85. The molecule has 2 N–H and O–H groups in total. The minimum absolute atomic E-state index is 0.137. The van der Waals surface area contributed by atoms with Crippen LogP contribution in [-0.4, -0.2) is 92.0 Å². The summed E-state index contributed by atoms with van der Waals surface area (Å²) in [5.41, 5.74) is 1.40. The van der Waals surface area contributed by atoms with E-state index in [1.54, 1.807) is 0 Å². The predicted octanol–water partition coefficient (Wildman–Crippen LogP) is 1.37. The number of guanidine groups is 1. The summed E-state index contributed by atoms with van der Waals surface area (Å²) in [6.45, 7) is 12.4. The monoisotopic (exact) mass is 414 g/mol. The molecule has 30 heavy (non-hydrogen) atoms. The van der Waals surface area contributed by atoms with Gasteiger partial charge in [0.25, 0.3) is 0 Å². The summed E-state index contributed by atoms with van der Waals surface area (Å²) in [4.78, 5) is 23.7. The maximum absolute atomic E-state index is 12.2. The number of rotatable bonds is 9. The number of amides is 1. The summed E-state index contributed by atoms with van der Waals surface area (Å²) in [7, 11) is 0. The number of nitrogens with zero attached hydrogens (tertiary/aromatic N) is 4. The molecule has 3 rings (SSSR count). The number of carbonyl (C=O) groups is 1. The van der Waals surface area contributed by atoms with Crippen molar-refractivity contribution in [3.63, 3.8) is 0 Å². The molecule has 166 valence electrons. The van der Waals surface area contributed by atoms with Crippen LogP contribution in [0.3, 0.4) is 0 Å². The number of likely N-dealkylation sites (tertiary alicyclic amines) is 1. The highest BCUT2D eigenvalue weighted by atomic mass is 16.2. The van der Waals surface area contributed by atoms with E-state index in [-0.39, 0.29) is 12.5 Å². The molecule has 0 saturated carbocycles. The average Bonchev–Trinajstić information content (AvgIpc) is 3.32. The SMILES string of the molecule is CCNC(=NCC(=O)N1CCCC1)NCCCN1CCN(Cc2ccccc2)CC1. The van der Waals surface area contributed by atoms with Gasteiger partial charge in [0.05, 0.1) is 0 Å². The smallest absolute Gasteiger partial charge is 0.244 e. The average molecular weight is 415 g/mol. The van der Waals surface area contributed by atoms with Crippen LogP contribution in [0.2, 0.25) is 0 Å². The van der Waals surface area contributed by atoms with Crippen molar-refractivity contribution in [3.05, 3.63) is 35.9 Å². The summed E-state index contributed by atoms with van der Waals surface area (Å²) >= 11 is 0. The molecule has 1 aromatic rings. The second-order valence-corrected chi connectivity index (χ2v) is 8.17. The van der Waals surface area contributed by atoms with Gasteiger partial charge in [-0.3, -0.25) is 9.69 Å². The third-order valence-electron chi connectivity index (χ3n) is 5.83. The standard InChI is InChI=1S/C23H38N6O/c1-2-24-23(26-19-22(30)29-13-6-7-14-29)25-11-8-12-27-15-17-28(18-16-27)20-21-9-4-3-5-10-21/h3-5,9-10H,2,6-8,11-20H2,1H3,(H2,24,25,26). The molecule has 0 aromatic heterocycles. The van der Waals surface area contributed by atoms with Gasteiger partial charge in [-0.1, -0.05) is 30.3 Å². The summed E-state index contributed by atoms with van der Waals surface area (Å²) < 4.78 is 0. The van der Waals surface area contributed by atoms with Crippen molar-refractivity contribution < 1.29 is 4.79 Å². The molecule has 2 heterocycles. The van der Waals surface area contributed by atoms with Gasteiger partial charge in [-0.2, -0.15) is 0 Å². The van der Waals surface area contributed by atoms with Crippen molar-refractivity contribution in [1.29, 1.82) is 0 Å². The molecule has 2 fully saturated rings. The first kappa shape index (κ1) is 22.6. The summed E-state index contributed by atoms with van der Waals surface area (Å²) in [6, 6.07) is 10.7. The molecule has 2 aliphatic rings. The van der Waals surface area contributed by atoms with E-state index in [1.165, 1.54) is 5.56 Å². The van der Waals surface area contributed by atoms with Gasteiger partial charge >= 0.3 is 0 Å². The first-order chi connectivity index (χ1) is 14.7. The summed E-state index contributed by atoms with van der Waals surface area (Å²) in [5.74, 6) is 0.885. The van der Waals surface area contributed by atoms with E-state index in [2.05, 4.69) is 62.7 Å². The zero-order valence-electron chi connectivity index (χ0n) is 18.5. The molecule has 0 aliphatic carbocycles. The van der Waals surface area contributed by atoms with E-state index >= 15 is 0 Å². The Labute approximate surface area is 181 Å². The number of aliphatic imine (C=N–C) groups is 1. The fourth-order valence-corrected chi connectivity index (χ4v) is 4.08. The maximum atomic E-state index is 12.2. The molecular weight excluding hydrogens is 376 g/mol. The molecular formula is C23H38N6O. The second-order valence-electron chi connectivity index (χ2n) is 8.17. The van der Waals surface area contributed by atoms with Gasteiger partial charge in [-0.15, -0.1) is 0 Å².